The summed E-state index contributed by atoms with van der Waals surface area (Å²) in [6.07, 6.45) is 1.86. The number of carbonyl (C=O) groups is 2. The molecule has 9 heteroatoms. The zero-order chi connectivity index (χ0) is 18.2. The molecule has 134 valence electrons. The molecule has 0 radical (unpaired) electrons. The maximum absolute atomic E-state index is 11.8. The van der Waals surface area contributed by atoms with Crippen LogP contribution in [-0.2, 0) is 11.8 Å². The van der Waals surface area contributed by atoms with Gasteiger partial charge >= 0.3 is 6.03 Å². The summed E-state index contributed by atoms with van der Waals surface area (Å²) in [5.41, 5.74) is 0.881. The normalized spacial score (nSPS) is 10.5. The number of imide groups is 1. The van der Waals surface area contributed by atoms with Crippen LogP contribution in [0.25, 0.3) is 11.4 Å². The Morgan fingerprint density at radius 3 is 2.64 bits per heavy atom. The van der Waals surface area contributed by atoms with Crippen LogP contribution in [0.3, 0.4) is 0 Å². The SMILES string of the molecule is CCCCNC(=O)NC(=O)CSc1nnc(-c2ccc(Cl)cc2)n1C. The van der Waals surface area contributed by atoms with Crippen LogP contribution in [0.2, 0.25) is 5.02 Å². The highest BCUT2D eigenvalue weighted by molar-refractivity contribution is 7.99. The van der Waals surface area contributed by atoms with E-state index < -0.39 is 6.03 Å². The molecule has 0 saturated carbocycles. The third-order valence-electron chi connectivity index (χ3n) is 3.34. The number of benzene rings is 1. The average Bonchev–Trinajstić information content (AvgIpc) is 2.95. The summed E-state index contributed by atoms with van der Waals surface area (Å²) in [6.45, 7) is 2.58. The number of aromatic nitrogens is 3. The Morgan fingerprint density at radius 2 is 1.96 bits per heavy atom. The van der Waals surface area contributed by atoms with Crippen LogP contribution in [0, 0.1) is 0 Å². The Labute approximate surface area is 155 Å². The van der Waals surface area contributed by atoms with Crippen molar-refractivity contribution in [3.63, 3.8) is 0 Å². The van der Waals surface area contributed by atoms with Crippen LogP contribution >= 0.6 is 23.4 Å². The molecule has 0 spiro atoms. The smallest absolute Gasteiger partial charge is 0.321 e. The van der Waals surface area contributed by atoms with Crippen LogP contribution in [0.5, 0.6) is 0 Å². The second-order valence-corrected chi connectivity index (χ2v) is 6.70. The highest BCUT2D eigenvalue weighted by Gasteiger charge is 2.14. The molecule has 0 atom stereocenters. The van der Waals surface area contributed by atoms with Gasteiger partial charge in [0.2, 0.25) is 5.91 Å². The molecule has 0 fully saturated rings. The predicted octanol–water partition coefficient (Wildman–Crippen LogP) is 2.85. The zero-order valence-corrected chi connectivity index (χ0v) is 15.7. The number of nitrogens with one attached hydrogen (secondary N) is 2. The Morgan fingerprint density at radius 1 is 1.24 bits per heavy atom. The molecule has 0 unspecified atom stereocenters. The third-order valence-corrected chi connectivity index (χ3v) is 4.61. The molecule has 1 aromatic carbocycles. The highest BCUT2D eigenvalue weighted by Crippen LogP contribution is 2.23. The summed E-state index contributed by atoms with van der Waals surface area (Å²) in [5.74, 6) is 0.375. The molecule has 2 N–H and O–H groups in total. The molecule has 0 aliphatic carbocycles. The van der Waals surface area contributed by atoms with Crippen molar-refractivity contribution in [3.8, 4) is 11.4 Å². The number of carbonyl (C=O) groups excluding carboxylic acids is 2. The minimum absolute atomic E-state index is 0.0772. The Hall–Kier alpha value is -2.06. The number of nitrogens with zero attached hydrogens (tertiary/aromatic N) is 3. The van der Waals surface area contributed by atoms with Crippen molar-refractivity contribution in [3.05, 3.63) is 29.3 Å². The molecule has 7 nitrogen and oxygen atoms in total. The first-order valence-electron chi connectivity index (χ1n) is 7.87. The molecular formula is C16H20ClN5O2S. The fraction of sp³-hybridized carbons (Fsp3) is 0.375. The first-order chi connectivity index (χ1) is 12.0. The Bertz CT molecular complexity index is 733. The van der Waals surface area contributed by atoms with E-state index in [9.17, 15) is 9.59 Å². The van der Waals surface area contributed by atoms with E-state index in [0.717, 1.165) is 18.4 Å². The number of hydrogen-bond donors (Lipinski definition) is 2. The van der Waals surface area contributed by atoms with E-state index in [1.807, 2.05) is 26.1 Å². The molecule has 1 heterocycles. The molecule has 1 aromatic heterocycles. The van der Waals surface area contributed by atoms with Crippen molar-refractivity contribution in [2.24, 2.45) is 7.05 Å². The highest BCUT2D eigenvalue weighted by atomic mass is 35.5. The van der Waals surface area contributed by atoms with Crippen LogP contribution in [0.4, 0.5) is 4.79 Å². The van der Waals surface area contributed by atoms with Crippen molar-refractivity contribution < 1.29 is 9.59 Å². The van der Waals surface area contributed by atoms with Crippen LogP contribution in [0.15, 0.2) is 29.4 Å². The number of amides is 3. The van der Waals surface area contributed by atoms with E-state index in [0.29, 0.717) is 22.5 Å². The minimum atomic E-state index is -0.473. The number of thioether (sulfide) groups is 1. The molecule has 0 aliphatic rings. The number of hydrogen-bond acceptors (Lipinski definition) is 5. The second-order valence-electron chi connectivity index (χ2n) is 5.32. The number of rotatable bonds is 7. The van der Waals surface area contributed by atoms with Crippen molar-refractivity contribution >= 4 is 35.3 Å². The predicted molar refractivity (Wildman–Crippen MR) is 98.6 cm³/mol. The maximum Gasteiger partial charge on any atom is 0.321 e. The van der Waals surface area contributed by atoms with Crippen LogP contribution in [0.1, 0.15) is 19.8 Å². The van der Waals surface area contributed by atoms with Crippen molar-refractivity contribution in [2.75, 3.05) is 12.3 Å². The first kappa shape index (κ1) is 19.3. The van der Waals surface area contributed by atoms with E-state index in [1.54, 1.807) is 16.7 Å². The van der Waals surface area contributed by atoms with Crippen molar-refractivity contribution in [1.82, 2.24) is 25.4 Å². The summed E-state index contributed by atoms with van der Waals surface area (Å²) in [4.78, 5) is 23.3. The van der Waals surface area contributed by atoms with Gasteiger partial charge in [-0.25, -0.2) is 4.79 Å². The lowest BCUT2D eigenvalue weighted by Crippen LogP contribution is -2.40. The molecule has 3 amide bonds. The molecular weight excluding hydrogens is 362 g/mol. The topological polar surface area (TPSA) is 88.9 Å². The van der Waals surface area contributed by atoms with E-state index in [2.05, 4.69) is 20.8 Å². The van der Waals surface area contributed by atoms with Crippen LogP contribution < -0.4 is 10.6 Å². The van der Waals surface area contributed by atoms with E-state index in [1.165, 1.54) is 11.8 Å². The van der Waals surface area contributed by atoms with Gasteiger partial charge in [0.1, 0.15) is 0 Å². The molecule has 2 rings (SSSR count). The maximum atomic E-state index is 11.8. The second kappa shape index (κ2) is 9.43. The van der Waals surface area contributed by atoms with Gasteiger partial charge in [-0.05, 0) is 30.7 Å². The number of unbranched alkanes of at least 4 members (excludes halogenated alkanes) is 1. The largest absolute Gasteiger partial charge is 0.338 e. The average molecular weight is 382 g/mol. The van der Waals surface area contributed by atoms with Crippen LogP contribution in [-0.4, -0.2) is 39.0 Å². The Kier molecular flexibility index (Phi) is 7.27. The fourth-order valence-electron chi connectivity index (χ4n) is 2.01. The van der Waals surface area contributed by atoms with E-state index in [-0.39, 0.29) is 11.7 Å². The summed E-state index contributed by atoms with van der Waals surface area (Å²) >= 11 is 7.10. The number of halogens is 1. The van der Waals surface area contributed by atoms with Gasteiger partial charge in [0.05, 0.1) is 5.75 Å². The molecule has 0 saturated heterocycles. The monoisotopic (exact) mass is 381 g/mol. The van der Waals surface area contributed by atoms with Gasteiger partial charge < -0.3 is 9.88 Å². The lowest BCUT2D eigenvalue weighted by molar-refractivity contribution is -0.117. The number of urea groups is 1. The van der Waals surface area contributed by atoms with Gasteiger partial charge in [-0.2, -0.15) is 0 Å². The summed E-state index contributed by atoms with van der Waals surface area (Å²) < 4.78 is 1.79. The summed E-state index contributed by atoms with van der Waals surface area (Å²) in [6, 6.07) is 6.80. The van der Waals surface area contributed by atoms with Crippen molar-refractivity contribution in [2.45, 2.75) is 24.9 Å². The van der Waals surface area contributed by atoms with Gasteiger partial charge in [0.25, 0.3) is 0 Å². The molecule has 2 aromatic rings. The van der Waals surface area contributed by atoms with Gasteiger partial charge in [-0.15, -0.1) is 10.2 Å². The van der Waals surface area contributed by atoms with Gasteiger partial charge in [0.15, 0.2) is 11.0 Å². The molecule has 0 aliphatic heterocycles. The van der Waals surface area contributed by atoms with Gasteiger partial charge in [-0.1, -0.05) is 36.7 Å². The lowest BCUT2D eigenvalue weighted by atomic mass is 10.2. The lowest BCUT2D eigenvalue weighted by Gasteiger charge is -2.06. The summed E-state index contributed by atoms with van der Waals surface area (Å²) in [5, 5.41) is 14.4. The Balaban J connectivity index is 1.88. The summed E-state index contributed by atoms with van der Waals surface area (Å²) in [7, 11) is 1.82. The minimum Gasteiger partial charge on any atom is -0.338 e. The van der Waals surface area contributed by atoms with Gasteiger partial charge in [0, 0.05) is 24.2 Å². The quantitative estimate of drug-likeness (QED) is 0.568. The molecule has 0 bridgehead atoms. The van der Waals surface area contributed by atoms with E-state index >= 15 is 0 Å². The van der Waals surface area contributed by atoms with E-state index in [4.69, 9.17) is 11.6 Å². The van der Waals surface area contributed by atoms with Crippen molar-refractivity contribution in [1.29, 1.82) is 0 Å². The molecule has 25 heavy (non-hydrogen) atoms. The first-order valence-corrected chi connectivity index (χ1v) is 9.23. The fourth-order valence-corrected chi connectivity index (χ4v) is 2.84. The standard InChI is InChI=1S/C16H20ClN5O2S/c1-3-4-9-18-15(24)19-13(23)10-25-16-21-20-14(22(16)2)11-5-7-12(17)8-6-11/h5-8H,3-4,9-10H2,1-2H3,(H2,18,19,23,24). The zero-order valence-electron chi connectivity index (χ0n) is 14.1. The third kappa shape index (κ3) is 5.75. The van der Waals surface area contributed by atoms with Gasteiger partial charge in [-0.3, -0.25) is 10.1 Å².